The molecular formula is C26H29N3O3. The van der Waals surface area contributed by atoms with Crippen LogP contribution < -0.4 is 10.2 Å². The molecule has 0 unspecified atom stereocenters. The van der Waals surface area contributed by atoms with E-state index in [9.17, 15) is 14.4 Å². The molecule has 2 heterocycles. The van der Waals surface area contributed by atoms with Gasteiger partial charge in [-0.05, 0) is 55.0 Å². The van der Waals surface area contributed by atoms with Gasteiger partial charge >= 0.3 is 0 Å². The van der Waals surface area contributed by atoms with Gasteiger partial charge in [0.1, 0.15) is 0 Å². The molecule has 1 N–H and O–H groups in total. The molecule has 1 saturated heterocycles. The lowest BCUT2D eigenvalue weighted by Gasteiger charge is -2.36. The van der Waals surface area contributed by atoms with Crippen LogP contribution in [0, 0.1) is 5.92 Å². The number of likely N-dealkylation sites (tertiary alicyclic amines) is 1. The molecular weight excluding hydrogens is 402 g/mol. The van der Waals surface area contributed by atoms with Gasteiger partial charge in [-0.15, -0.1) is 0 Å². The van der Waals surface area contributed by atoms with Crippen LogP contribution in [0.25, 0.3) is 6.08 Å². The Bertz CT molecular complexity index is 1020. The van der Waals surface area contributed by atoms with Crippen molar-refractivity contribution in [1.82, 2.24) is 4.90 Å². The SMILES string of the molecule is CC(=O)Nc1cccc2c1CCCN2C(=O)C1CCN(C(=O)/C=C\c2ccccc2)CC1. The Labute approximate surface area is 188 Å². The molecule has 2 aliphatic rings. The zero-order valence-corrected chi connectivity index (χ0v) is 18.4. The summed E-state index contributed by atoms with van der Waals surface area (Å²) in [6.07, 6.45) is 6.49. The highest BCUT2D eigenvalue weighted by molar-refractivity contribution is 5.99. The third kappa shape index (κ3) is 4.90. The van der Waals surface area contributed by atoms with Crippen LogP contribution in [0.5, 0.6) is 0 Å². The second-order valence-electron chi connectivity index (χ2n) is 8.42. The Morgan fingerprint density at radius 3 is 2.44 bits per heavy atom. The number of nitrogens with one attached hydrogen (secondary N) is 1. The number of hydrogen-bond acceptors (Lipinski definition) is 3. The van der Waals surface area contributed by atoms with Crippen molar-refractivity contribution in [3.63, 3.8) is 0 Å². The Kier molecular flexibility index (Phi) is 6.69. The number of benzene rings is 2. The molecule has 0 spiro atoms. The first kappa shape index (κ1) is 21.8. The molecule has 0 atom stereocenters. The normalized spacial score (nSPS) is 16.7. The molecule has 0 bridgehead atoms. The van der Waals surface area contributed by atoms with Crippen LogP contribution >= 0.6 is 0 Å². The molecule has 1 fully saturated rings. The van der Waals surface area contributed by atoms with Crippen LogP contribution in [-0.2, 0) is 20.8 Å². The summed E-state index contributed by atoms with van der Waals surface area (Å²) >= 11 is 0. The lowest BCUT2D eigenvalue weighted by Crippen LogP contribution is -2.45. The number of carbonyl (C=O) groups is 3. The second-order valence-corrected chi connectivity index (χ2v) is 8.42. The summed E-state index contributed by atoms with van der Waals surface area (Å²) < 4.78 is 0. The van der Waals surface area contributed by atoms with Crippen molar-refractivity contribution in [2.24, 2.45) is 5.92 Å². The van der Waals surface area contributed by atoms with Gasteiger partial charge in [-0.25, -0.2) is 0 Å². The van der Waals surface area contributed by atoms with Crippen molar-refractivity contribution >= 4 is 35.2 Å². The van der Waals surface area contributed by atoms with E-state index in [1.165, 1.54) is 6.92 Å². The van der Waals surface area contributed by atoms with E-state index in [4.69, 9.17) is 0 Å². The van der Waals surface area contributed by atoms with Crippen molar-refractivity contribution in [1.29, 1.82) is 0 Å². The highest BCUT2D eigenvalue weighted by Crippen LogP contribution is 2.35. The summed E-state index contributed by atoms with van der Waals surface area (Å²) in [6.45, 7) is 3.35. The molecule has 2 aliphatic heterocycles. The predicted molar refractivity (Wildman–Crippen MR) is 126 cm³/mol. The maximum Gasteiger partial charge on any atom is 0.246 e. The molecule has 0 saturated carbocycles. The number of anilines is 2. The molecule has 0 aromatic heterocycles. The van der Waals surface area contributed by atoms with Gasteiger partial charge in [0.2, 0.25) is 17.7 Å². The van der Waals surface area contributed by atoms with Crippen LogP contribution in [0.3, 0.4) is 0 Å². The van der Waals surface area contributed by atoms with Crippen LogP contribution in [0.15, 0.2) is 54.6 Å². The van der Waals surface area contributed by atoms with Gasteiger partial charge in [0.25, 0.3) is 0 Å². The number of piperidine rings is 1. The predicted octanol–water partition coefficient (Wildman–Crippen LogP) is 3.88. The zero-order valence-electron chi connectivity index (χ0n) is 18.4. The second kappa shape index (κ2) is 9.81. The summed E-state index contributed by atoms with van der Waals surface area (Å²) in [5.74, 6) is -0.0893. The molecule has 0 aliphatic carbocycles. The Hall–Kier alpha value is -3.41. The quantitative estimate of drug-likeness (QED) is 0.747. The molecule has 32 heavy (non-hydrogen) atoms. The monoisotopic (exact) mass is 431 g/mol. The smallest absolute Gasteiger partial charge is 0.246 e. The van der Waals surface area contributed by atoms with Crippen molar-refractivity contribution in [3.05, 3.63) is 65.7 Å². The first-order chi connectivity index (χ1) is 15.5. The van der Waals surface area contributed by atoms with Gasteiger partial charge in [0.05, 0.1) is 0 Å². The Balaban J connectivity index is 1.39. The van der Waals surface area contributed by atoms with Crippen molar-refractivity contribution in [2.45, 2.75) is 32.6 Å². The van der Waals surface area contributed by atoms with E-state index in [0.29, 0.717) is 32.5 Å². The molecule has 3 amide bonds. The number of hydrogen-bond donors (Lipinski definition) is 1. The average Bonchev–Trinajstić information content (AvgIpc) is 2.82. The Morgan fingerprint density at radius 2 is 1.72 bits per heavy atom. The molecule has 166 valence electrons. The zero-order chi connectivity index (χ0) is 22.5. The van der Waals surface area contributed by atoms with Gasteiger partial charge in [-0.3, -0.25) is 14.4 Å². The van der Waals surface area contributed by atoms with Gasteiger partial charge in [-0.2, -0.15) is 0 Å². The summed E-state index contributed by atoms with van der Waals surface area (Å²) in [5.41, 5.74) is 3.71. The highest BCUT2D eigenvalue weighted by atomic mass is 16.2. The number of carbonyl (C=O) groups excluding carboxylic acids is 3. The number of amides is 3. The fourth-order valence-corrected chi connectivity index (χ4v) is 4.56. The van der Waals surface area contributed by atoms with E-state index in [0.717, 1.165) is 35.3 Å². The van der Waals surface area contributed by atoms with E-state index < -0.39 is 0 Å². The van der Waals surface area contributed by atoms with Crippen molar-refractivity contribution < 1.29 is 14.4 Å². The van der Waals surface area contributed by atoms with E-state index in [-0.39, 0.29) is 23.6 Å². The fourth-order valence-electron chi connectivity index (χ4n) is 4.56. The first-order valence-corrected chi connectivity index (χ1v) is 11.3. The largest absolute Gasteiger partial charge is 0.339 e. The average molecular weight is 432 g/mol. The van der Waals surface area contributed by atoms with Crippen molar-refractivity contribution in [2.75, 3.05) is 29.9 Å². The molecule has 2 aromatic rings. The lowest BCUT2D eigenvalue weighted by molar-refractivity contribution is -0.131. The maximum atomic E-state index is 13.4. The minimum Gasteiger partial charge on any atom is -0.339 e. The van der Waals surface area contributed by atoms with Gasteiger partial charge < -0.3 is 15.1 Å². The minimum atomic E-state index is -0.111. The van der Waals surface area contributed by atoms with Crippen molar-refractivity contribution in [3.8, 4) is 0 Å². The van der Waals surface area contributed by atoms with Crippen LogP contribution in [0.2, 0.25) is 0 Å². The molecule has 2 aromatic carbocycles. The summed E-state index contributed by atoms with van der Waals surface area (Å²) in [5, 5.41) is 2.89. The van der Waals surface area contributed by atoms with Gasteiger partial charge in [0.15, 0.2) is 0 Å². The van der Waals surface area contributed by atoms with Crippen LogP contribution in [0.1, 0.15) is 37.3 Å². The fraction of sp³-hybridized carbons (Fsp3) is 0.346. The number of rotatable bonds is 4. The van der Waals surface area contributed by atoms with Gasteiger partial charge in [0, 0.05) is 49.9 Å². The van der Waals surface area contributed by atoms with Gasteiger partial charge in [-0.1, -0.05) is 36.4 Å². The third-order valence-electron chi connectivity index (χ3n) is 6.20. The third-order valence-corrected chi connectivity index (χ3v) is 6.20. The summed E-state index contributed by atoms with van der Waals surface area (Å²) in [6, 6.07) is 15.5. The molecule has 6 nitrogen and oxygen atoms in total. The van der Waals surface area contributed by atoms with E-state index in [2.05, 4.69) is 5.32 Å². The maximum absolute atomic E-state index is 13.4. The standard InChI is InChI=1S/C26H29N3O3/c1-19(30)27-23-10-5-11-24-22(23)9-6-16-29(24)26(32)21-14-17-28(18-15-21)25(31)13-12-20-7-3-2-4-8-20/h2-5,7-8,10-13,21H,6,9,14-18H2,1H3,(H,27,30)/b13-12-. The summed E-state index contributed by atoms with van der Waals surface area (Å²) in [4.78, 5) is 41.2. The highest BCUT2D eigenvalue weighted by Gasteiger charge is 2.32. The summed E-state index contributed by atoms with van der Waals surface area (Å²) in [7, 11) is 0. The molecule has 4 rings (SSSR count). The lowest BCUT2D eigenvalue weighted by atomic mass is 9.92. The number of fused-ring (bicyclic) bond motifs is 1. The topological polar surface area (TPSA) is 69.7 Å². The molecule has 6 heteroatoms. The Morgan fingerprint density at radius 1 is 0.969 bits per heavy atom. The first-order valence-electron chi connectivity index (χ1n) is 11.3. The van der Waals surface area contributed by atoms with E-state index >= 15 is 0 Å². The van der Waals surface area contributed by atoms with E-state index in [1.807, 2.05) is 64.4 Å². The minimum absolute atomic E-state index is 0.0111. The van der Waals surface area contributed by atoms with Crippen LogP contribution in [-0.4, -0.2) is 42.3 Å². The number of nitrogens with zero attached hydrogens (tertiary/aromatic N) is 2. The van der Waals surface area contributed by atoms with E-state index in [1.54, 1.807) is 6.08 Å². The molecule has 0 radical (unpaired) electrons. The van der Waals surface area contributed by atoms with Crippen LogP contribution in [0.4, 0.5) is 11.4 Å².